The Morgan fingerprint density at radius 2 is 1.81 bits per heavy atom. The number of hydrogen-bond acceptors (Lipinski definition) is 6. The molecule has 0 aliphatic heterocycles. The summed E-state index contributed by atoms with van der Waals surface area (Å²) >= 11 is 0. The van der Waals surface area contributed by atoms with Crippen molar-refractivity contribution in [1.29, 1.82) is 0 Å². The molecule has 3 N–H and O–H groups in total. The van der Waals surface area contributed by atoms with Crippen LogP contribution in [0.5, 0.6) is 0 Å². The first-order valence-corrected chi connectivity index (χ1v) is 12.2. The summed E-state index contributed by atoms with van der Waals surface area (Å²) in [6.07, 6.45) is 11.8. The Labute approximate surface area is 211 Å². The molecule has 1 saturated carbocycles. The van der Waals surface area contributed by atoms with Gasteiger partial charge in [-0.2, -0.15) is 5.10 Å². The second-order valence-electron chi connectivity index (χ2n) is 9.29. The summed E-state index contributed by atoms with van der Waals surface area (Å²) in [5.74, 6) is 0.825. The number of H-pyrrole nitrogens is 2. The molecule has 1 amide bonds. The molecule has 1 aliphatic rings. The number of nitrogens with one attached hydrogen (secondary N) is 3. The Morgan fingerprint density at radius 1 is 0.946 bits per heavy atom. The number of carbonyl (C=O) groups excluding carboxylic acids is 1. The van der Waals surface area contributed by atoms with Crippen molar-refractivity contribution in [2.75, 3.05) is 5.32 Å². The minimum absolute atomic E-state index is 0.0620. The summed E-state index contributed by atoms with van der Waals surface area (Å²) in [5.41, 5.74) is 7.61. The number of carbonyl (C=O) groups is 1. The van der Waals surface area contributed by atoms with E-state index in [9.17, 15) is 4.79 Å². The summed E-state index contributed by atoms with van der Waals surface area (Å²) in [6.45, 7) is 0. The van der Waals surface area contributed by atoms with Crippen molar-refractivity contribution in [3.8, 4) is 33.8 Å². The third-order valence-electron chi connectivity index (χ3n) is 6.96. The molecule has 7 rings (SSSR count). The van der Waals surface area contributed by atoms with E-state index in [1.807, 2.05) is 42.5 Å². The summed E-state index contributed by atoms with van der Waals surface area (Å²) in [4.78, 5) is 33.8. The highest BCUT2D eigenvalue weighted by Crippen LogP contribution is 2.33. The molecule has 0 saturated heterocycles. The van der Waals surface area contributed by atoms with Gasteiger partial charge in [-0.05, 0) is 48.7 Å². The van der Waals surface area contributed by atoms with Crippen LogP contribution < -0.4 is 5.32 Å². The molecule has 6 aromatic rings. The fourth-order valence-electron chi connectivity index (χ4n) is 4.73. The number of imidazole rings is 1. The van der Waals surface area contributed by atoms with Gasteiger partial charge in [0.05, 0.1) is 28.3 Å². The van der Waals surface area contributed by atoms with Gasteiger partial charge in [-0.25, -0.2) is 9.97 Å². The van der Waals surface area contributed by atoms with E-state index in [1.165, 1.54) is 0 Å². The largest absolute Gasteiger partial charge is 0.337 e. The number of para-hydroxylation sites is 1. The van der Waals surface area contributed by atoms with E-state index in [4.69, 9.17) is 4.98 Å². The summed E-state index contributed by atoms with van der Waals surface area (Å²) in [6, 6.07) is 14.0. The average molecular weight is 487 g/mol. The fourth-order valence-corrected chi connectivity index (χ4v) is 4.73. The van der Waals surface area contributed by atoms with Gasteiger partial charge in [0.15, 0.2) is 11.5 Å². The van der Waals surface area contributed by atoms with E-state index in [1.54, 1.807) is 31.0 Å². The van der Waals surface area contributed by atoms with Crippen molar-refractivity contribution in [3.05, 3.63) is 73.4 Å². The molecule has 1 fully saturated rings. The summed E-state index contributed by atoms with van der Waals surface area (Å²) in [5, 5.41) is 11.4. The lowest BCUT2D eigenvalue weighted by Crippen LogP contribution is -2.28. The van der Waals surface area contributed by atoms with Crippen LogP contribution in [0.3, 0.4) is 0 Å². The summed E-state index contributed by atoms with van der Waals surface area (Å²) < 4.78 is 0. The molecule has 180 valence electrons. The van der Waals surface area contributed by atoms with Crippen LogP contribution in [0.2, 0.25) is 0 Å². The average Bonchev–Trinajstić information content (AvgIpc) is 3.52. The van der Waals surface area contributed by atoms with Crippen LogP contribution >= 0.6 is 0 Å². The minimum Gasteiger partial charge on any atom is -0.337 e. The lowest BCUT2D eigenvalue weighted by Gasteiger charge is -2.24. The molecule has 9 nitrogen and oxygen atoms in total. The van der Waals surface area contributed by atoms with E-state index in [2.05, 4.69) is 35.5 Å². The normalized spacial score (nSPS) is 13.6. The quantitative estimate of drug-likeness (QED) is 0.301. The maximum Gasteiger partial charge on any atom is 0.227 e. The first kappa shape index (κ1) is 21.4. The standard InChI is InChI=1S/C28H22N8O/c37-28(17-3-1-4-17)32-20-11-18(13-30-15-20)19-12-22-25(35-36-26(22)31-14-19)27-33-23-6-2-5-21(24(23)34-27)16-7-9-29-10-8-16/h2,5-15,17H,1,3-4H2,(H,32,37)(H,33,34)(H,31,35,36). The first-order valence-electron chi connectivity index (χ1n) is 12.2. The Bertz CT molecular complexity index is 1770. The predicted octanol–water partition coefficient (Wildman–Crippen LogP) is 5.36. The monoisotopic (exact) mass is 486 g/mol. The molecular formula is C28H22N8O. The molecular weight excluding hydrogens is 464 g/mol. The Kier molecular flexibility index (Phi) is 4.99. The number of aromatic nitrogens is 7. The third kappa shape index (κ3) is 3.81. The van der Waals surface area contributed by atoms with Crippen LogP contribution in [0.15, 0.2) is 73.4 Å². The van der Waals surface area contributed by atoms with Crippen molar-refractivity contribution in [3.63, 3.8) is 0 Å². The number of pyridine rings is 3. The van der Waals surface area contributed by atoms with Gasteiger partial charge in [0, 0.05) is 47.4 Å². The van der Waals surface area contributed by atoms with Crippen molar-refractivity contribution >= 4 is 33.7 Å². The van der Waals surface area contributed by atoms with E-state index < -0.39 is 0 Å². The van der Waals surface area contributed by atoms with Gasteiger partial charge < -0.3 is 10.3 Å². The van der Waals surface area contributed by atoms with Gasteiger partial charge >= 0.3 is 0 Å². The smallest absolute Gasteiger partial charge is 0.227 e. The second kappa shape index (κ2) is 8.63. The zero-order chi connectivity index (χ0) is 24.8. The number of aromatic amines is 2. The van der Waals surface area contributed by atoms with Gasteiger partial charge in [-0.15, -0.1) is 0 Å². The Hall–Kier alpha value is -4.92. The lowest BCUT2D eigenvalue weighted by molar-refractivity contribution is -0.122. The molecule has 1 aromatic carbocycles. The van der Waals surface area contributed by atoms with Gasteiger partial charge in [0.1, 0.15) is 5.69 Å². The highest BCUT2D eigenvalue weighted by atomic mass is 16.1. The maximum atomic E-state index is 12.4. The number of fused-ring (bicyclic) bond motifs is 2. The van der Waals surface area contributed by atoms with Crippen LogP contribution in [0.25, 0.3) is 55.8 Å². The van der Waals surface area contributed by atoms with Gasteiger partial charge in [-0.3, -0.25) is 19.9 Å². The number of rotatable bonds is 5. The summed E-state index contributed by atoms with van der Waals surface area (Å²) in [7, 11) is 0. The van der Waals surface area contributed by atoms with Crippen molar-refractivity contribution in [2.24, 2.45) is 5.92 Å². The third-order valence-corrected chi connectivity index (χ3v) is 6.96. The highest BCUT2D eigenvalue weighted by Gasteiger charge is 2.25. The SMILES string of the molecule is O=C(Nc1cncc(-c2cnc3[nH]nc(-c4nc5c(-c6ccncc6)cccc5[nH]4)c3c2)c1)C1CCC1. The van der Waals surface area contributed by atoms with Crippen LogP contribution in [-0.2, 0) is 4.79 Å². The minimum atomic E-state index is 0.0620. The Morgan fingerprint density at radius 3 is 2.65 bits per heavy atom. The number of nitrogens with zero attached hydrogens (tertiary/aromatic N) is 5. The molecule has 0 bridgehead atoms. The topological polar surface area (TPSA) is 125 Å². The van der Waals surface area contributed by atoms with E-state index in [0.29, 0.717) is 22.9 Å². The second-order valence-corrected chi connectivity index (χ2v) is 9.29. The highest BCUT2D eigenvalue weighted by molar-refractivity contribution is 5.97. The maximum absolute atomic E-state index is 12.4. The van der Waals surface area contributed by atoms with Crippen LogP contribution in [0, 0.1) is 5.92 Å². The molecule has 0 atom stereocenters. The first-order chi connectivity index (χ1) is 18.2. The zero-order valence-corrected chi connectivity index (χ0v) is 19.8. The molecule has 37 heavy (non-hydrogen) atoms. The lowest BCUT2D eigenvalue weighted by atomic mass is 9.85. The molecule has 9 heteroatoms. The molecule has 5 heterocycles. The van der Waals surface area contributed by atoms with Crippen LogP contribution in [0.1, 0.15) is 19.3 Å². The van der Waals surface area contributed by atoms with Crippen molar-refractivity contribution in [1.82, 2.24) is 35.1 Å². The number of amides is 1. The fraction of sp³-hybridized carbons (Fsp3) is 0.143. The van der Waals surface area contributed by atoms with Gasteiger partial charge in [0.2, 0.25) is 5.91 Å². The Balaban J connectivity index is 1.26. The van der Waals surface area contributed by atoms with E-state index in [0.717, 1.165) is 57.9 Å². The van der Waals surface area contributed by atoms with Crippen LogP contribution in [-0.4, -0.2) is 41.0 Å². The number of hydrogen-bond donors (Lipinski definition) is 3. The van der Waals surface area contributed by atoms with Crippen molar-refractivity contribution < 1.29 is 4.79 Å². The van der Waals surface area contributed by atoms with E-state index in [-0.39, 0.29) is 11.8 Å². The van der Waals surface area contributed by atoms with Crippen LogP contribution in [0.4, 0.5) is 5.69 Å². The molecule has 0 radical (unpaired) electrons. The number of benzene rings is 1. The van der Waals surface area contributed by atoms with Gasteiger partial charge in [0.25, 0.3) is 0 Å². The molecule has 5 aromatic heterocycles. The van der Waals surface area contributed by atoms with Crippen molar-refractivity contribution in [2.45, 2.75) is 19.3 Å². The molecule has 0 unspecified atom stereocenters. The number of anilines is 1. The molecule has 1 aliphatic carbocycles. The van der Waals surface area contributed by atoms with E-state index >= 15 is 0 Å². The van der Waals surface area contributed by atoms with Gasteiger partial charge in [-0.1, -0.05) is 18.6 Å². The zero-order valence-electron chi connectivity index (χ0n) is 19.8. The molecule has 0 spiro atoms. The predicted molar refractivity (Wildman–Crippen MR) is 141 cm³/mol.